The van der Waals surface area contributed by atoms with Crippen LogP contribution in [-0.4, -0.2) is 16.4 Å². The molecule has 0 bridgehead atoms. The fraction of sp³-hybridized carbons (Fsp3) is 0.250. The van der Waals surface area contributed by atoms with E-state index in [2.05, 4.69) is 15.1 Å². The zero-order valence-corrected chi connectivity index (χ0v) is 10.6. The minimum atomic E-state index is -0.844. The molecule has 8 heteroatoms. The van der Waals surface area contributed by atoms with Crippen molar-refractivity contribution in [3.63, 3.8) is 0 Å². The molecule has 0 aliphatic carbocycles. The van der Waals surface area contributed by atoms with Gasteiger partial charge in [0.25, 0.3) is 5.69 Å². The Morgan fingerprint density at radius 1 is 1.55 bits per heavy atom. The molecular formula is C12H13N3O5. The molecule has 0 saturated carbocycles. The van der Waals surface area contributed by atoms with Gasteiger partial charge in [-0.2, -0.15) is 0 Å². The summed E-state index contributed by atoms with van der Waals surface area (Å²) in [4.78, 5) is 11.6. The SMILES string of the molecule is C[C@H](NC(=O)Oc1c(CO)no[n+]1[O-])c1ccccc1. The lowest BCUT2D eigenvalue weighted by Crippen LogP contribution is -2.34. The second-order valence-corrected chi connectivity index (χ2v) is 4.01. The quantitative estimate of drug-likeness (QED) is 0.795. The normalized spacial score (nSPS) is 11.9. The molecule has 1 aromatic heterocycles. The minimum absolute atomic E-state index is 0.0850. The first-order valence-corrected chi connectivity index (χ1v) is 5.84. The molecule has 0 fully saturated rings. The molecular weight excluding hydrogens is 266 g/mol. The highest BCUT2D eigenvalue weighted by atomic mass is 16.8. The molecule has 0 unspecified atom stereocenters. The van der Waals surface area contributed by atoms with Crippen LogP contribution in [0.1, 0.15) is 24.2 Å². The third-order valence-electron chi connectivity index (χ3n) is 2.61. The van der Waals surface area contributed by atoms with E-state index < -0.39 is 18.6 Å². The highest BCUT2D eigenvalue weighted by Crippen LogP contribution is 2.13. The van der Waals surface area contributed by atoms with Crippen LogP contribution in [0.2, 0.25) is 0 Å². The first-order valence-electron chi connectivity index (χ1n) is 5.84. The second kappa shape index (κ2) is 6.02. The van der Waals surface area contributed by atoms with Crippen molar-refractivity contribution in [3.8, 4) is 5.88 Å². The van der Waals surface area contributed by atoms with Gasteiger partial charge in [-0.25, -0.2) is 4.79 Å². The van der Waals surface area contributed by atoms with Gasteiger partial charge in [0.15, 0.2) is 0 Å². The number of aromatic nitrogens is 2. The van der Waals surface area contributed by atoms with Gasteiger partial charge in [-0.05, 0) is 17.4 Å². The van der Waals surface area contributed by atoms with Crippen LogP contribution in [0.15, 0.2) is 35.0 Å². The molecule has 1 heterocycles. The molecule has 2 rings (SSSR count). The number of nitrogens with zero attached hydrogens (tertiary/aromatic N) is 2. The Kier molecular flexibility index (Phi) is 4.16. The maximum absolute atomic E-state index is 11.7. The van der Waals surface area contributed by atoms with Crippen LogP contribution in [0.25, 0.3) is 0 Å². The number of ether oxygens (including phenoxy) is 1. The van der Waals surface area contributed by atoms with E-state index in [-0.39, 0.29) is 16.6 Å². The van der Waals surface area contributed by atoms with E-state index in [0.29, 0.717) is 0 Å². The molecule has 106 valence electrons. The zero-order chi connectivity index (χ0) is 14.5. The molecule has 0 saturated heterocycles. The average molecular weight is 279 g/mol. The van der Waals surface area contributed by atoms with Crippen LogP contribution in [0.3, 0.4) is 0 Å². The largest absolute Gasteiger partial charge is 0.416 e. The zero-order valence-electron chi connectivity index (χ0n) is 10.6. The average Bonchev–Trinajstić information content (AvgIpc) is 2.80. The first-order chi connectivity index (χ1) is 9.61. The van der Waals surface area contributed by atoms with Crippen molar-refractivity contribution in [2.45, 2.75) is 19.6 Å². The standard InChI is InChI=1S/C12H13N3O5/c1-8(9-5-3-2-4-6-9)13-12(17)19-11-10(7-16)14-20-15(11)18/h2-6,8,16H,7H2,1H3,(H,13,17)/t8-/m0/s1. The number of hydrogen-bond donors (Lipinski definition) is 2. The Labute approximate surface area is 114 Å². The Morgan fingerprint density at radius 2 is 2.25 bits per heavy atom. The van der Waals surface area contributed by atoms with Gasteiger partial charge in [0, 0.05) is 5.16 Å². The lowest BCUT2D eigenvalue weighted by molar-refractivity contribution is -0.804. The number of aliphatic hydroxyl groups is 1. The molecule has 20 heavy (non-hydrogen) atoms. The van der Waals surface area contributed by atoms with Crippen molar-refractivity contribution in [2.75, 3.05) is 0 Å². The molecule has 0 spiro atoms. The van der Waals surface area contributed by atoms with Gasteiger partial charge in [0.05, 0.1) is 6.04 Å². The van der Waals surface area contributed by atoms with Gasteiger partial charge < -0.3 is 20.4 Å². The van der Waals surface area contributed by atoms with Gasteiger partial charge in [-0.3, -0.25) is 4.63 Å². The molecule has 2 N–H and O–H groups in total. The van der Waals surface area contributed by atoms with E-state index in [0.717, 1.165) is 5.56 Å². The number of amides is 1. The molecule has 1 amide bonds. The Balaban J connectivity index is 2.01. The number of carbonyl (C=O) groups excluding carboxylic acids is 1. The van der Waals surface area contributed by atoms with Crippen LogP contribution in [0.5, 0.6) is 5.88 Å². The van der Waals surface area contributed by atoms with Gasteiger partial charge >= 0.3 is 12.0 Å². The minimum Gasteiger partial charge on any atom is -0.387 e. The number of benzene rings is 1. The van der Waals surface area contributed by atoms with Crippen molar-refractivity contribution in [1.82, 2.24) is 10.5 Å². The van der Waals surface area contributed by atoms with Crippen LogP contribution in [0, 0.1) is 5.21 Å². The van der Waals surface area contributed by atoms with Crippen molar-refractivity contribution in [3.05, 3.63) is 46.8 Å². The Hall–Kier alpha value is -2.61. The van der Waals surface area contributed by atoms with Gasteiger partial charge in [-0.15, -0.1) is 0 Å². The molecule has 0 aliphatic heterocycles. The molecule has 1 atom stereocenters. The van der Waals surface area contributed by atoms with Crippen LogP contribution >= 0.6 is 0 Å². The lowest BCUT2D eigenvalue weighted by atomic mass is 10.1. The van der Waals surface area contributed by atoms with Crippen LogP contribution < -0.4 is 15.0 Å². The maximum Gasteiger partial charge on any atom is 0.416 e. The van der Waals surface area contributed by atoms with Crippen molar-refractivity contribution >= 4 is 6.09 Å². The third kappa shape index (κ3) is 3.04. The van der Waals surface area contributed by atoms with E-state index >= 15 is 0 Å². The summed E-state index contributed by atoms with van der Waals surface area (Å²) >= 11 is 0. The summed E-state index contributed by atoms with van der Waals surface area (Å²) in [5.74, 6) is -0.481. The molecule has 8 nitrogen and oxygen atoms in total. The fourth-order valence-electron chi connectivity index (χ4n) is 1.58. The summed E-state index contributed by atoms with van der Waals surface area (Å²) in [6, 6.07) is 8.93. The summed E-state index contributed by atoms with van der Waals surface area (Å²) in [5, 5.41) is 25.9. The van der Waals surface area contributed by atoms with E-state index in [1.807, 2.05) is 30.3 Å². The van der Waals surface area contributed by atoms with Gasteiger partial charge in [0.1, 0.15) is 6.61 Å². The summed E-state index contributed by atoms with van der Waals surface area (Å²) in [6.45, 7) is 1.19. The van der Waals surface area contributed by atoms with Crippen LogP contribution in [-0.2, 0) is 6.61 Å². The van der Waals surface area contributed by atoms with Crippen molar-refractivity contribution in [2.24, 2.45) is 0 Å². The smallest absolute Gasteiger partial charge is 0.387 e. The predicted molar refractivity (Wildman–Crippen MR) is 65.4 cm³/mol. The predicted octanol–water partition coefficient (Wildman–Crippen LogP) is 0.650. The Bertz CT molecular complexity index is 584. The highest BCUT2D eigenvalue weighted by molar-refractivity contribution is 5.70. The molecule has 1 aromatic carbocycles. The highest BCUT2D eigenvalue weighted by Gasteiger charge is 2.24. The monoisotopic (exact) mass is 279 g/mol. The Morgan fingerprint density at radius 3 is 2.90 bits per heavy atom. The molecule has 0 radical (unpaired) electrons. The summed E-state index contributed by atoms with van der Waals surface area (Å²) < 4.78 is 9.01. The summed E-state index contributed by atoms with van der Waals surface area (Å²) in [7, 11) is 0. The first kappa shape index (κ1) is 13.8. The topological polar surface area (TPSA) is 112 Å². The van der Waals surface area contributed by atoms with Crippen molar-refractivity contribution < 1.29 is 24.2 Å². The van der Waals surface area contributed by atoms with Crippen molar-refractivity contribution in [1.29, 1.82) is 0 Å². The van der Waals surface area contributed by atoms with E-state index in [4.69, 9.17) is 9.84 Å². The summed E-state index contributed by atoms with van der Waals surface area (Å²) in [5.41, 5.74) is 0.731. The van der Waals surface area contributed by atoms with E-state index in [9.17, 15) is 10.0 Å². The number of hydrogen-bond acceptors (Lipinski definition) is 6. The van der Waals surface area contributed by atoms with E-state index in [1.165, 1.54) is 0 Å². The van der Waals surface area contributed by atoms with Gasteiger partial charge in [-0.1, -0.05) is 30.3 Å². The number of rotatable bonds is 4. The number of aliphatic hydroxyl groups excluding tert-OH is 1. The fourth-order valence-corrected chi connectivity index (χ4v) is 1.58. The second-order valence-electron chi connectivity index (χ2n) is 4.01. The van der Waals surface area contributed by atoms with Gasteiger partial charge in [0.2, 0.25) is 0 Å². The third-order valence-corrected chi connectivity index (χ3v) is 2.61. The molecule has 2 aromatic rings. The molecule has 0 aliphatic rings. The lowest BCUT2D eigenvalue weighted by Gasteiger charge is -2.13. The number of carbonyl (C=O) groups is 1. The summed E-state index contributed by atoms with van der Waals surface area (Å²) in [6.07, 6.45) is -0.844. The van der Waals surface area contributed by atoms with E-state index in [1.54, 1.807) is 6.92 Å². The maximum atomic E-state index is 11.7. The van der Waals surface area contributed by atoms with Crippen LogP contribution in [0.4, 0.5) is 4.79 Å². The number of nitrogens with one attached hydrogen (secondary N) is 1.